The number of hydrogen-bond acceptors (Lipinski definition) is 3. The quantitative estimate of drug-likeness (QED) is 0.918. The van der Waals surface area contributed by atoms with Gasteiger partial charge in [-0.1, -0.05) is 25.8 Å². The molecule has 0 radical (unpaired) electrons. The maximum Gasteiger partial charge on any atom is 0.272 e. The van der Waals surface area contributed by atoms with Gasteiger partial charge in [0, 0.05) is 20.1 Å². The molecule has 1 amide bonds. The van der Waals surface area contributed by atoms with Crippen molar-refractivity contribution in [1.29, 1.82) is 0 Å². The van der Waals surface area contributed by atoms with Gasteiger partial charge in [-0.3, -0.25) is 4.79 Å². The van der Waals surface area contributed by atoms with Crippen LogP contribution >= 0.6 is 0 Å². The van der Waals surface area contributed by atoms with Crippen LogP contribution < -0.4 is 5.32 Å². The number of nitrogens with one attached hydrogen (secondary N) is 1. The van der Waals surface area contributed by atoms with Gasteiger partial charge in [-0.15, -0.1) is 0 Å². The Balaban J connectivity index is 2.01. The highest BCUT2D eigenvalue weighted by molar-refractivity contribution is 5.92. The van der Waals surface area contributed by atoms with Crippen molar-refractivity contribution < 1.29 is 4.79 Å². The Hall–Kier alpha value is -1.58. The average Bonchev–Trinajstić information content (AvgIpc) is 2.73. The third-order valence-corrected chi connectivity index (χ3v) is 4.06. The molecule has 0 spiro atoms. The standard InChI is InChI=1S/C16H25N3O/c1-3-6-13-7-5-11-19(12-10-13)16(20)14-8-4-9-15(17-2)18-14/h4,8-9,13H,3,5-7,10-12H2,1-2H3,(H,17,18). The maximum absolute atomic E-state index is 12.5. The molecule has 0 bridgehead atoms. The normalized spacial score (nSPS) is 19.5. The van der Waals surface area contributed by atoms with Gasteiger partial charge < -0.3 is 10.2 Å². The van der Waals surface area contributed by atoms with Crippen LogP contribution in [-0.4, -0.2) is 35.9 Å². The molecule has 0 aliphatic carbocycles. The Kier molecular flexibility index (Phi) is 5.39. The van der Waals surface area contributed by atoms with Gasteiger partial charge in [-0.25, -0.2) is 4.98 Å². The van der Waals surface area contributed by atoms with E-state index >= 15 is 0 Å². The van der Waals surface area contributed by atoms with Gasteiger partial charge in [0.15, 0.2) is 0 Å². The molecule has 2 heterocycles. The second kappa shape index (κ2) is 7.27. The molecule has 2 rings (SSSR count). The number of pyridine rings is 1. The van der Waals surface area contributed by atoms with Crippen molar-refractivity contribution in [3.63, 3.8) is 0 Å². The molecular weight excluding hydrogens is 250 g/mol. The highest BCUT2D eigenvalue weighted by atomic mass is 16.2. The summed E-state index contributed by atoms with van der Waals surface area (Å²) in [5.41, 5.74) is 0.547. The van der Waals surface area contributed by atoms with Crippen molar-refractivity contribution in [3.05, 3.63) is 23.9 Å². The zero-order valence-electron chi connectivity index (χ0n) is 12.6. The minimum Gasteiger partial charge on any atom is -0.373 e. The first-order valence-corrected chi connectivity index (χ1v) is 7.68. The molecule has 1 aromatic rings. The molecule has 1 fully saturated rings. The van der Waals surface area contributed by atoms with E-state index in [0.29, 0.717) is 5.69 Å². The molecule has 0 aromatic carbocycles. The number of amides is 1. The third-order valence-electron chi connectivity index (χ3n) is 4.06. The van der Waals surface area contributed by atoms with Crippen LogP contribution in [0.5, 0.6) is 0 Å². The molecule has 0 saturated carbocycles. The van der Waals surface area contributed by atoms with E-state index < -0.39 is 0 Å². The highest BCUT2D eigenvalue weighted by Gasteiger charge is 2.22. The number of hydrogen-bond donors (Lipinski definition) is 1. The Morgan fingerprint density at radius 3 is 3.00 bits per heavy atom. The molecule has 1 atom stereocenters. The van der Waals surface area contributed by atoms with E-state index in [1.807, 2.05) is 24.1 Å². The van der Waals surface area contributed by atoms with E-state index in [4.69, 9.17) is 0 Å². The van der Waals surface area contributed by atoms with Crippen molar-refractivity contribution in [3.8, 4) is 0 Å². The van der Waals surface area contributed by atoms with Crippen molar-refractivity contribution >= 4 is 11.7 Å². The molecule has 20 heavy (non-hydrogen) atoms. The van der Waals surface area contributed by atoms with Gasteiger partial charge in [-0.05, 0) is 37.3 Å². The largest absolute Gasteiger partial charge is 0.373 e. The lowest BCUT2D eigenvalue weighted by molar-refractivity contribution is 0.0754. The molecule has 1 aromatic heterocycles. The lowest BCUT2D eigenvalue weighted by Crippen LogP contribution is -2.32. The van der Waals surface area contributed by atoms with Crippen molar-refractivity contribution in [2.75, 3.05) is 25.5 Å². The summed E-state index contributed by atoms with van der Waals surface area (Å²) in [7, 11) is 1.82. The van der Waals surface area contributed by atoms with Crippen LogP contribution in [0.15, 0.2) is 18.2 Å². The molecule has 4 heteroatoms. The molecule has 4 nitrogen and oxygen atoms in total. The number of aromatic nitrogens is 1. The van der Waals surface area contributed by atoms with Gasteiger partial charge in [-0.2, -0.15) is 0 Å². The molecule has 1 N–H and O–H groups in total. The monoisotopic (exact) mass is 275 g/mol. The third kappa shape index (κ3) is 3.71. The summed E-state index contributed by atoms with van der Waals surface area (Å²) in [4.78, 5) is 18.8. The molecule has 1 saturated heterocycles. The first-order chi connectivity index (χ1) is 9.74. The van der Waals surface area contributed by atoms with Crippen molar-refractivity contribution in [1.82, 2.24) is 9.88 Å². The minimum absolute atomic E-state index is 0.0687. The molecule has 1 unspecified atom stereocenters. The first-order valence-electron chi connectivity index (χ1n) is 7.68. The predicted molar refractivity (Wildman–Crippen MR) is 81.9 cm³/mol. The Morgan fingerprint density at radius 1 is 1.40 bits per heavy atom. The SMILES string of the molecule is CCCC1CCCN(C(=O)c2cccc(NC)n2)CC1. The second-order valence-electron chi connectivity index (χ2n) is 5.54. The molecule has 110 valence electrons. The summed E-state index contributed by atoms with van der Waals surface area (Å²) in [6, 6.07) is 5.55. The van der Waals surface area contributed by atoms with Gasteiger partial charge in [0.1, 0.15) is 11.5 Å². The Bertz CT molecular complexity index is 447. The highest BCUT2D eigenvalue weighted by Crippen LogP contribution is 2.22. The lowest BCUT2D eigenvalue weighted by atomic mass is 9.96. The Labute approximate surface area is 121 Å². The van der Waals surface area contributed by atoms with Crippen LogP contribution in [0.4, 0.5) is 5.82 Å². The zero-order valence-corrected chi connectivity index (χ0v) is 12.6. The fraction of sp³-hybridized carbons (Fsp3) is 0.625. The van der Waals surface area contributed by atoms with Gasteiger partial charge in [0.05, 0.1) is 0 Å². The number of rotatable bonds is 4. The predicted octanol–water partition coefficient (Wildman–Crippen LogP) is 3.17. The van der Waals surface area contributed by atoms with E-state index in [2.05, 4.69) is 17.2 Å². The van der Waals surface area contributed by atoms with Crippen LogP contribution in [0.3, 0.4) is 0 Å². The van der Waals surface area contributed by atoms with E-state index in [-0.39, 0.29) is 5.91 Å². The fourth-order valence-electron chi connectivity index (χ4n) is 2.92. The van der Waals surface area contributed by atoms with Crippen LogP contribution in [0.1, 0.15) is 49.5 Å². The summed E-state index contributed by atoms with van der Waals surface area (Å²) in [6.07, 6.45) is 6.02. The maximum atomic E-state index is 12.5. The number of nitrogens with zero attached hydrogens (tertiary/aromatic N) is 2. The van der Waals surface area contributed by atoms with E-state index in [0.717, 1.165) is 37.7 Å². The fourth-order valence-corrected chi connectivity index (χ4v) is 2.92. The zero-order chi connectivity index (χ0) is 14.4. The first kappa shape index (κ1) is 14.8. The number of carbonyl (C=O) groups excluding carboxylic acids is 1. The van der Waals surface area contributed by atoms with Crippen LogP contribution in [-0.2, 0) is 0 Å². The summed E-state index contributed by atoms with van der Waals surface area (Å²) in [5.74, 6) is 1.60. The van der Waals surface area contributed by atoms with E-state index in [9.17, 15) is 4.79 Å². The lowest BCUT2D eigenvalue weighted by Gasteiger charge is -2.20. The van der Waals surface area contributed by atoms with Crippen LogP contribution in [0.25, 0.3) is 0 Å². The van der Waals surface area contributed by atoms with Crippen LogP contribution in [0, 0.1) is 5.92 Å². The molecular formula is C16H25N3O. The number of anilines is 1. The van der Waals surface area contributed by atoms with Crippen molar-refractivity contribution in [2.24, 2.45) is 5.92 Å². The minimum atomic E-state index is 0.0687. The summed E-state index contributed by atoms with van der Waals surface area (Å²) >= 11 is 0. The second-order valence-corrected chi connectivity index (χ2v) is 5.54. The summed E-state index contributed by atoms with van der Waals surface area (Å²) < 4.78 is 0. The summed E-state index contributed by atoms with van der Waals surface area (Å²) in [6.45, 7) is 3.97. The molecule has 1 aliphatic heterocycles. The molecule has 1 aliphatic rings. The van der Waals surface area contributed by atoms with Gasteiger partial charge >= 0.3 is 0 Å². The topological polar surface area (TPSA) is 45.2 Å². The Morgan fingerprint density at radius 2 is 2.25 bits per heavy atom. The van der Waals surface area contributed by atoms with Gasteiger partial charge in [0.25, 0.3) is 5.91 Å². The smallest absolute Gasteiger partial charge is 0.272 e. The van der Waals surface area contributed by atoms with E-state index in [1.165, 1.54) is 19.3 Å². The average molecular weight is 275 g/mol. The summed E-state index contributed by atoms with van der Waals surface area (Å²) in [5, 5.41) is 2.98. The number of likely N-dealkylation sites (tertiary alicyclic amines) is 1. The van der Waals surface area contributed by atoms with Gasteiger partial charge in [0.2, 0.25) is 0 Å². The van der Waals surface area contributed by atoms with Crippen molar-refractivity contribution in [2.45, 2.75) is 39.0 Å². The van der Waals surface area contributed by atoms with E-state index in [1.54, 1.807) is 6.07 Å². The van der Waals surface area contributed by atoms with Crippen LogP contribution in [0.2, 0.25) is 0 Å². The number of carbonyl (C=O) groups is 1.